The van der Waals surface area contributed by atoms with Crippen LogP contribution in [0.3, 0.4) is 0 Å². The van der Waals surface area contributed by atoms with Crippen molar-refractivity contribution < 1.29 is 0 Å². The van der Waals surface area contributed by atoms with Gasteiger partial charge in [-0.1, -0.05) is 60.2 Å². The molecule has 2 heterocycles. The zero-order valence-electron chi connectivity index (χ0n) is 13.5. The maximum atomic E-state index is 6.64. The van der Waals surface area contributed by atoms with Gasteiger partial charge < -0.3 is 0 Å². The minimum atomic E-state index is -1.84. The summed E-state index contributed by atoms with van der Waals surface area (Å²) in [6.07, 6.45) is 6.31. The van der Waals surface area contributed by atoms with Crippen LogP contribution < -0.4 is 10.4 Å². The Morgan fingerprint density at radius 3 is 2.55 bits per heavy atom. The zero-order valence-corrected chi connectivity index (χ0v) is 15.3. The van der Waals surface area contributed by atoms with Gasteiger partial charge in [-0.2, -0.15) is 0 Å². The summed E-state index contributed by atoms with van der Waals surface area (Å²) in [6, 6.07) is 11.3. The molecule has 0 spiro atoms. The van der Waals surface area contributed by atoms with Gasteiger partial charge in [0, 0.05) is 18.4 Å². The molecule has 1 saturated heterocycles. The molecule has 1 fully saturated rings. The van der Waals surface area contributed by atoms with E-state index in [1.165, 1.54) is 28.8 Å². The van der Waals surface area contributed by atoms with Gasteiger partial charge in [0.15, 0.2) is 0 Å². The van der Waals surface area contributed by atoms with Gasteiger partial charge in [-0.3, -0.25) is 9.88 Å². The van der Waals surface area contributed by atoms with E-state index in [-0.39, 0.29) is 0 Å². The monoisotopic (exact) mass is 330 g/mol. The fraction of sp³-hybridized carbons (Fsp3) is 0.389. The van der Waals surface area contributed by atoms with Crippen LogP contribution >= 0.6 is 11.6 Å². The van der Waals surface area contributed by atoms with E-state index in [1.54, 1.807) is 0 Å². The number of rotatable bonds is 3. The van der Waals surface area contributed by atoms with Crippen molar-refractivity contribution in [1.29, 1.82) is 0 Å². The van der Waals surface area contributed by atoms with Crippen molar-refractivity contribution >= 4 is 30.0 Å². The molecule has 0 radical (unpaired) electrons. The zero-order chi connectivity index (χ0) is 15.7. The van der Waals surface area contributed by atoms with Crippen molar-refractivity contribution in [3.05, 3.63) is 53.3 Å². The summed E-state index contributed by atoms with van der Waals surface area (Å²) < 4.78 is 0. The average Bonchev–Trinajstić information content (AvgIpc) is 2.93. The van der Waals surface area contributed by atoms with Crippen LogP contribution in [-0.4, -0.2) is 31.6 Å². The van der Waals surface area contributed by atoms with Crippen LogP contribution in [0.25, 0.3) is 0 Å². The Balaban J connectivity index is 2.14. The van der Waals surface area contributed by atoms with Crippen LogP contribution in [0.5, 0.6) is 0 Å². The van der Waals surface area contributed by atoms with E-state index in [1.807, 2.05) is 12.4 Å². The molecule has 4 heteroatoms. The second-order valence-electron chi connectivity index (χ2n) is 6.72. The summed E-state index contributed by atoms with van der Waals surface area (Å²) in [5, 5.41) is 3.61. The van der Waals surface area contributed by atoms with Crippen LogP contribution in [0.1, 0.15) is 24.4 Å². The third kappa shape index (κ3) is 2.73. The number of hydrogen-bond acceptors (Lipinski definition) is 2. The molecule has 0 unspecified atom stereocenters. The predicted molar refractivity (Wildman–Crippen MR) is 97.0 cm³/mol. The molecule has 1 aliphatic rings. The molecule has 22 heavy (non-hydrogen) atoms. The first-order valence-electron chi connectivity index (χ1n) is 7.91. The fourth-order valence-electron chi connectivity index (χ4n) is 3.66. The molecule has 1 aromatic heterocycles. The van der Waals surface area contributed by atoms with Crippen molar-refractivity contribution in [2.75, 3.05) is 13.6 Å². The van der Waals surface area contributed by atoms with E-state index >= 15 is 0 Å². The van der Waals surface area contributed by atoms with Gasteiger partial charge in [0.2, 0.25) is 0 Å². The highest BCUT2D eigenvalue weighted by Gasteiger charge is 2.35. The highest BCUT2D eigenvalue weighted by Crippen LogP contribution is 2.31. The van der Waals surface area contributed by atoms with Crippen molar-refractivity contribution in [3.63, 3.8) is 0 Å². The molecule has 116 valence electrons. The van der Waals surface area contributed by atoms with Crippen molar-refractivity contribution in [2.45, 2.75) is 32.0 Å². The lowest BCUT2D eigenvalue weighted by molar-refractivity contribution is 0.318. The lowest BCUT2D eigenvalue weighted by Crippen LogP contribution is -2.55. The highest BCUT2D eigenvalue weighted by atomic mass is 35.5. The molecule has 0 bridgehead atoms. The summed E-state index contributed by atoms with van der Waals surface area (Å²) >= 11 is 6.64. The third-order valence-corrected chi connectivity index (χ3v) is 8.96. The van der Waals surface area contributed by atoms with E-state index in [9.17, 15) is 0 Å². The Kier molecular flexibility index (Phi) is 4.39. The molecule has 0 amide bonds. The standard InChI is InChI=1S/C18H23ClN2Si/c1-21-11-7-10-17(21)15-12-20-13-16(19)18(15)22(2,3)14-8-5-4-6-9-14/h4-6,8-9,12-13,17H,7,10-11H2,1-3H3/t17-/m0/s1. The van der Waals surface area contributed by atoms with Gasteiger partial charge in [-0.25, -0.2) is 0 Å². The van der Waals surface area contributed by atoms with E-state index in [4.69, 9.17) is 11.6 Å². The predicted octanol–water partition coefficient (Wildman–Crippen LogP) is 3.32. The molecule has 0 N–H and O–H groups in total. The average molecular weight is 331 g/mol. The quantitative estimate of drug-likeness (QED) is 0.803. The lowest BCUT2D eigenvalue weighted by Gasteiger charge is -2.31. The topological polar surface area (TPSA) is 16.1 Å². The molecule has 1 aromatic carbocycles. The summed E-state index contributed by atoms with van der Waals surface area (Å²) in [5.41, 5.74) is 1.34. The van der Waals surface area contributed by atoms with E-state index in [2.05, 4.69) is 60.4 Å². The Labute approximate surface area is 139 Å². The van der Waals surface area contributed by atoms with Gasteiger partial charge in [-0.15, -0.1) is 0 Å². The second kappa shape index (κ2) is 6.15. The maximum Gasteiger partial charge on any atom is 0.114 e. The summed E-state index contributed by atoms with van der Waals surface area (Å²) in [4.78, 5) is 6.83. The smallest absolute Gasteiger partial charge is 0.114 e. The Bertz CT molecular complexity index is 657. The Morgan fingerprint density at radius 1 is 1.18 bits per heavy atom. The molecule has 2 aromatic rings. The first-order valence-corrected chi connectivity index (χ1v) is 11.3. The van der Waals surface area contributed by atoms with Gasteiger partial charge in [-0.05, 0) is 37.2 Å². The van der Waals surface area contributed by atoms with E-state index < -0.39 is 8.07 Å². The summed E-state index contributed by atoms with van der Waals surface area (Å²) in [6.45, 7) is 5.94. The summed E-state index contributed by atoms with van der Waals surface area (Å²) in [5.74, 6) is 0. The maximum absolute atomic E-state index is 6.64. The minimum absolute atomic E-state index is 0.455. The van der Waals surface area contributed by atoms with Crippen LogP contribution in [-0.2, 0) is 0 Å². The number of aromatic nitrogens is 1. The first-order chi connectivity index (χ1) is 10.5. The van der Waals surface area contributed by atoms with Gasteiger partial charge >= 0.3 is 0 Å². The van der Waals surface area contributed by atoms with Crippen LogP contribution in [0.15, 0.2) is 42.7 Å². The van der Waals surface area contributed by atoms with Gasteiger partial charge in [0.05, 0.1) is 5.02 Å². The molecule has 1 atom stereocenters. The SMILES string of the molecule is CN1CCC[C@H]1c1cncc(Cl)c1[Si](C)(C)c1ccccc1. The first kappa shape index (κ1) is 15.7. The molecule has 3 rings (SSSR count). The Hall–Kier alpha value is -1.16. The molecule has 0 aliphatic carbocycles. The normalized spacial score (nSPS) is 19.5. The molecule has 0 saturated carbocycles. The number of benzene rings is 1. The minimum Gasteiger partial charge on any atom is -0.299 e. The van der Waals surface area contributed by atoms with Crippen LogP contribution in [0, 0.1) is 0 Å². The molecular weight excluding hydrogens is 308 g/mol. The number of halogens is 1. The fourth-order valence-corrected chi connectivity index (χ4v) is 7.47. The van der Waals surface area contributed by atoms with Gasteiger partial charge in [0.25, 0.3) is 0 Å². The lowest BCUT2D eigenvalue weighted by atomic mass is 10.1. The number of likely N-dealkylation sites (tertiary alicyclic amines) is 1. The molecule has 1 aliphatic heterocycles. The molecular formula is C18H23ClN2Si. The van der Waals surface area contributed by atoms with Crippen LogP contribution in [0.2, 0.25) is 18.1 Å². The van der Waals surface area contributed by atoms with E-state index in [0.717, 1.165) is 11.6 Å². The van der Waals surface area contributed by atoms with Crippen molar-refractivity contribution in [3.8, 4) is 0 Å². The number of nitrogens with zero attached hydrogens (tertiary/aromatic N) is 2. The van der Waals surface area contributed by atoms with Crippen molar-refractivity contribution in [1.82, 2.24) is 9.88 Å². The molecule has 2 nitrogen and oxygen atoms in total. The summed E-state index contributed by atoms with van der Waals surface area (Å²) in [7, 11) is 0.367. The Morgan fingerprint density at radius 2 is 1.91 bits per heavy atom. The largest absolute Gasteiger partial charge is 0.299 e. The third-order valence-electron chi connectivity index (χ3n) is 4.93. The second-order valence-corrected chi connectivity index (χ2v) is 11.4. The highest BCUT2D eigenvalue weighted by molar-refractivity contribution is 7.01. The number of pyridine rings is 1. The van der Waals surface area contributed by atoms with Gasteiger partial charge in [0.1, 0.15) is 8.07 Å². The number of hydrogen-bond donors (Lipinski definition) is 0. The van der Waals surface area contributed by atoms with E-state index in [0.29, 0.717) is 6.04 Å². The van der Waals surface area contributed by atoms with Crippen LogP contribution in [0.4, 0.5) is 0 Å². The van der Waals surface area contributed by atoms with Crippen molar-refractivity contribution in [2.24, 2.45) is 0 Å².